The lowest BCUT2D eigenvalue weighted by atomic mass is 9.94. The van der Waals surface area contributed by atoms with Gasteiger partial charge in [0.1, 0.15) is 0 Å². The van der Waals surface area contributed by atoms with Crippen molar-refractivity contribution in [3.05, 3.63) is 59.2 Å². The van der Waals surface area contributed by atoms with Crippen LogP contribution in [0.25, 0.3) is 11.1 Å². The molecule has 0 saturated heterocycles. The van der Waals surface area contributed by atoms with Crippen LogP contribution in [0.3, 0.4) is 0 Å². The minimum Gasteiger partial charge on any atom is -0.0651 e. The highest BCUT2D eigenvalue weighted by Gasteiger charge is 2.05. The fourth-order valence-corrected chi connectivity index (χ4v) is 2.44. The third-order valence-corrected chi connectivity index (χ3v) is 3.51. The number of hydrogen-bond acceptors (Lipinski definition) is 0. The first-order chi connectivity index (χ1) is 8.76. The molecule has 2 rings (SSSR count). The lowest BCUT2D eigenvalue weighted by Gasteiger charge is -2.11. The Labute approximate surface area is 111 Å². The SMILES string of the molecule is CCCc1c[c]ccc1-c1ccc(C)c(CC)c1. The first-order valence-electron chi connectivity index (χ1n) is 6.85. The summed E-state index contributed by atoms with van der Waals surface area (Å²) >= 11 is 0. The Hall–Kier alpha value is -1.56. The Morgan fingerprint density at radius 2 is 1.89 bits per heavy atom. The van der Waals surface area contributed by atoms with Crippen LogP contribution in [0.5, 0.6) is 0 Å². The molecule has 0 heteroatoms. The number of hydrogen-bond donors (Lipinski definition) is 0. The van der Waals surface area contributed by atoms with Crippen molar-refractivity contribution in [3.8, 4) is 11.1 Å². The van der Waals surface area contributed by atoms with E-state index >= 15 is 0 Å². The summed E-state index contributed by atoms with van der Waals surface area (Å²) in [5.74, 6) is 0. The first-order valence-corrected chi connectivity index (χ1v) is 6.85. The predicted molar refractivity (Wildman–Crippen MR) is 78.8 cm³/mol. The van der Waals surface area contributed by atoms with Crippen molar-refractivity contribution in [2.24, 2.45) is 0 Å². The second-order valence-electron chi connectivity index (χ2n) is 4.83. The fraction of sp³-hybridized carbons (Fsp3) is 0.333. The maximum absolute atomic E-state index is 3.20. The molecule has 93 valence electrons. The number of benzene rings is 2. The van der Waals surface area contributed by atoms with E-state index in [1.165, 1.54) is 34.2 Å². The van der Waals surface area contributed by atoms with Crippen LogP contribution in [0.15, 0.2) is 36.4 Å². The highest BCUT2D eigenvalue weighted by molar-refractivity contribution is 5.68. The van der Waals surface area contributed by atoms with Crippen LogP contribution in [0.1, 0.15) is 37.0 Å². The van der Waals surface area contributed by atoms with Crippen LogP contribution in [-0.2, 0) is 12.8 Å². The van der Waals surface area contributed by atoms with Crippen LogP contribution >= 0.6 is 0 Å². The van der Waals surface area contributed by atoms with E-state index in [1.807, 2.05) is 6.07 Å². The molecular weight excluding hydrogens is 216 g/mol. The molecule has 0 unspecified atom stereocenters. The molecule has 1 radical (unpaired) electrons. The molecule has 2 aromatic rings. The van der Waals surface area contributed by atoms with Gasteiger partial charge in [-0.2, -0.15) is 0 Å². The van der Waals surface area contributed by atoms with E-state index in [0.29, 0.717) is 0 Å². The highest BCUT2D eigenvalue weighted by atomic mass is 14.1. The summed E-state index contributed by atoms with van der Waals surface area (Å²) in [6.07, 6.45) is 3.40. The molecule has 0 spiro atoms. The van der Waals surface area contributed by atoms with E-state index in [4.69, 9.17) is 0 Å². The number of aryl methyl sites for hydroxylation is 3. The third kappa shape index (κ3) is 2.64. The summed E-state index contributed by atoms with van der Waals surface area (Å²) in [6.45, 7) is 6.63. The van der Waals surface area contributed by atoms with Gasteiger partial charge in [0.2, 0.25) is 0 Å². The van der Waals surface area contributed by atoms with Gasteiger partial charge in [-0.3, -0.25) is 0 Å². The van der Waals surface area contributed by atoms with Gasteiger partial charge in [-0.25, -0.2) is 0 Å². The maximum atomic E-state index is 3.20. The molecule has 0 atom stereocenters. The van der Waals surface area contributed by atoms with Gasteiger partial charge in [-0.05, 0) is 53.6 Å². The second-order valence-corrected chi connectivity index (χ2v) is 4.83. The normalized spacial score (nSPS) is 10.6. The van der Waals surface area contributed by atoms with Gasteiger partial charge >= 0.3 is 0 Å². The van der Waals surface area contributed by atoms with E-state index in [9.17, 15) is 0 Å². The highest BCUT2D eigenvalue weighted by Crippen LogP contribution is 2.26. The Bertz CT molecular complexity index is 523. The smallest absolute Gasteiger partial charge is 0.0151 e. The van der Waals surface area contributed by atoms with Crippen LogP contribution in [0.4, 0.5) is 0 Å². The van der Waals surface area contributed by atoms with Gasteiger partial charge in [-0.1, -0.05) is 56.7 Å². The molecule has 0 heterocycles. The van der Waals surface area contributed by atoms with Crippen LogP contribution in [0, 0.1) is 13.0 Å². The molecule has 0 aliphatic carbocycles. The lowest BCUT2D eigenvalue weighted by molar-refractivity contribution is 0.923. The molecule has 0 amide bonds. The van der Waals surface area contributed by atoms with Crippen LogP contribution in [0.2, 0.25) is 0 Å². The van der Waals surface area contributed by atoms with Crippen molar-refractivity contribution in [1.29, 1.82) is 0 Å². The summed E-state index contributed by atoms with van der Waals surface area (Å²) in [5, 5.41) is 0. The minimum atomic E-state index is 1.10. The topological polar surface area (TPSA) is 0 Å². The van der Waals surface area contributed by atoms with Crippen molar-refractivity contribution in [1.82, 2.24) is 0 Å². The first kappa shape index (κ1) is 12.9. The molecule has 0 N–H and O–H groups in total. The van der Waals surface area contributed by atoms with Gasteiger partial charge in [0.25, 0.3) is 0 Å². The van der Waals surface area contributed by atoms with Gasteiger partial charge in [-0.15, -0.1) is 0 Å². The van der Waals surface area contributed by atoms with E-state index in [2.05, 4.69) is 57.2 Å². The van der Waals surface area contributed by atoms with E-state index in [0.717, 1.165) is 12.8 Å². The zero-order valence-electron chi connectivity index (χ0n) is 11.6. The van der Waals surface area contributed by atoms with Crippen molar-refractivity contribution in [3.63, 3.8) is 0 Å². The molecule has 0 fully saturated rings. The third-order valence-electron chi connectivity index (χ3n) is 3.51. The zero-order valence-corrected chi connectivity index (χ0v) is 11.6. The van der Waals surface area contributed by atoms with Gasteiger partial charge < -0.3 is 0 Å². The molecular formula is C18H21. The van der Waals surface area contributed by atoms with Crippen LogP contribution < -0.4 is 0 Å². The van der Waals surface area contributed by atoms with Crippen molar-refractivity contribution >= 4 is 0 Å². The molecule has 0 bridgehead atoms. The molecule has 0 nitrogen and oxygen atoms in total. The number of rotatable bonds is 4. The van der Waals surface area contributed by atoms with E-state index in [1.54, 1.807) is 0 Å². The fourth-order valence-electron chi connectivity index (χ4n) is 2.44. The Kier molecular flexibility index (Phi) is 4.19. The molecule has 18 heavy (non-hydrogen) atoms. The van der Waals surface area contributed by atoms with Gasteiger partial charge in [0.15, 0.2) is 0 Å². The Morgan fingerprint density at radius 3 is 2.61 bits per heavy atom. The molecule has 0 aromatic heterocycles. The summed E-state index contributed by atoms with van der Waals surface area (Å²) in [6, 6.07) is 16.3. The Balaban J connectivity index is 2.48. The quantitative estimate of drug-likeness (QED) is 0.703. The maximum Gasteiger partial charge on any atom is -0.0151 e. The van der Waals surface area contributed by atoms with Crippen molar-refractivity contribution in [2.75, 3.05) is 0 Å². The van der Waals surface area contributed by atoms with Crippen LogP contribution in [-0.4, -0.2) is 0 Å². The second kappa shape index (κ2) is 5.86. The molecule has 0 saturated carbocycles. The Morgan fingerprint density at radius 1 is 1.06 bits per heavy atom. The molecule has 2 aromatic carbocycles. The standard InChI is InChI=1S/C18H21/c1-4-8-16-9-6-7-10-18(16)17-12-11-14(3)15(5-2)13-17/h7,9-13H,4-5,8H2,1-3H3. The molecule has 0 aliphatic heterocycles. The monoisotopic (exact) mass is 237 g/mol. The van der Waals surface area contributed by atoms with Gasteiger partial charge in [0.05, 0.1) is 0 Å². The minimum absolute atomic E-state index is 1.10. The largest absolute Gasteiger partial charge is 0.0651 e. The predicted octanol–water partition coefficient (Wildman–Crippen LogP) is 4.98. The van der Waals surface area contributed by atoms with Crippen molar-refractivity contribution < 1.29 is 0 Å². The summed E-state index contributed by atoms with van der Waals surface area (Å²) in [5.41, 5.74) is 6.95. The van der Waals surface area contributed by atoms with E-state index < -0.39 is 0 Å². The summed E-state index contributed by atoms with van der Waals surface area (Å²) in [7, 11) is 0. The van der Waals surface area contributed by atoms with Gasteiger partial charge in [0, 0.05) is 0 Å². The molecule has 0 aliphatic rings. The van der Waals surface area contributed by atoms with Crippen molar-refractivity contribution in [2.45, 2.75) is 40.0 Å². The lowest BCUT2D eigenvalue weighted by Crippen LogP contribution is -1.92. The van der Waals surface area contributed by atoms with E-state index in [-0.39, 0.29) is 0 Å². The summed E-state index contributed by atoms with van der Waals surface area (Å²) < 4.78 is 0. The average Bonchev–Trinajstić information content (AvgIpc) is 2.40. The average molecular weight is 237 g/mol. The summed E-state index contributed by atoms with van der Waals surface area (Å²) in [4.78, 5) is 0. The zero-order chi connectivity index (χ0) is 13.0.